The normalized spacial score (nSPS) is 11.9. The average Bonchev–Trinajstić information content (AvgIpc) is 3.30. The minimum absolute atomic E-state index is 0.403. The fourth-order valence-corrected chi connectivity index (χ4v) is 3.43. The first-order chi connectivity index (χ1) is 16.8. The lowest BCUT2D eigenvalue weighted by Gasteiger charge is -2.21. The summed E-state index contributed by atoms with van der Waals surface area (Å²) < 4.78 is 16.5. The van der Waals surface area contributed by atoms with Crippen molar-refractivity contribution in [3.63, 3.8) is 0 Å². The molecule has 0 aliphatic carbocycles. The average molecular weight is 470 g/mol. The SMILES string of the molecule is COc1ccc(C[C@@H](C#Cc2cnc(-c3ccc4cnccc4c3)o2)NC(=O)OC(C)(C)C)cc1. The molecule has 0 aliphatic heterocycles. The summed E-state index contributed by atoms with van der Waals surface area (Å²) in [5.74, 6) is 7.72. The van der Waals surface area contributed by atoms with E-state index in [1.54, 1.807) is 19.5 Å². The molecule has 0 fully saturated rings. The maximum Gasteiger partial charge on any atom is 0.408 e. The number of hydrogen-bond donors (Lipinski definition) is 1. The zero-order valence-corrected chi connectivity index (χ0v) is 20.2. The summed E-state index contributed by atoms with van der Waals surface area (Å²) in [6.45, 7) is 5.45. The summed E-state index contributed by atoms with van der Waals surface area (Å²) in [5, 5.41) is 4.93. The van der Waals surface area contributed by atoms with Gasteiger partial charge in [-0.1, -0.05) is 24.1 Å². The van der Waals surface area contributed by atoms with Crippen LogP contribution in [-0.2, 0) is 11.2 Å². The van der Waals surface area contributed by atoms with E-state index in [2.05, 4.69) is 27.1 Å². The first-order valence-corrected chi connectivity index (χ1v) is 11.2. The van der Waals surface area contributed by atoms with Gasteiger partial charge in [0, 0.05) is 29.8 Å². The summed E-state index contributed by atoms with van der Waals surface area (Å²) in [6, 6.07) is 15.0. The third-order valence-electron chi connectivity index (χ3n) is 5.05. The van der Waals surface area contributed by atoms with Gasteiger partial charge in [-0.3, -0.25) is 4.98 Å². The second-order valence-electron chi connectivity index (χ2n) is 8.99. The Hall–Kier alpha value is -4.31. The maximum absolute atomic E-state index is 12.4. The molecule has 4 rings (SSSR count). The van der Waals surface area contributed by atoms with Crippen molar-refractivity contribution in [1.29, 1.82) is 0 Å². The van der Waals surface area contributed by atoms with Crippen LogP contribution in [0.4, 0.5) is 4.79 Å². The number of aromatic nitrogens is 2. The Morgan fingerprint density at radius 2 is 1.89 bits per heavy atom. The second-order valence-corrected chi connectivity index (χ2v) is 8.99. The van der Waals surface area contributed by atoms with Crippen molar-refractivity contribution in [2.75, 3.05) is 7.11 Å². The number of carbonyl (C=O) groups is 1. The molecule has 0 unspecified atom stereocenters. The van der Waals surface area contributed by atoms with Crippen molar-refractivity contribution >= 4 is 16.9 Å². The lowest BCUT2D eigenvalue weighted by atomic mass is 10.1. The molecule has 4 aromatic rings. The number of pyridine rings is 1. The Balaban J connectivity index is 1.54. The Bertz CT molecular complexity index is 1380. The highest BCUT2D eigenvalue weighted by molar-refractivity contribution is 5.85. The number of carbonyl (C=O) groups excluding carboxylic acids is 1. The molecule has 0 radical (unpaired) electrons. The van der Waals surface area contributed by atoms with E-state index in [0.717, 1.165) is 27.6 Å². The van der Waals surface area contributed by atoms with Gasteiger partial charge in [0.1, 0.15) is 11.4 Å². The van der Waals surface area contributed by atoms with E-state index >= 15 is 0 Å². The third kappa shape index (κ3) is 6.61. The lowest BCUT2D eigenvalue weighted by Crippen LogP contribution is -2.39. The second kappa shape index (κ2) is 10.3. The van der Waals surface area contributed by atoms with Gasteiger partial charge < -0.3 is 19.2 Å². The number of rotatable bonds is 5. The summed E-state index contributed by atoms with van der Waals surface area (Å²) in [7, 11) is 1.62. The van der Waals surface area contributed by atoms with Gasteiger partial charge in [0.25, 0.3) is 0 Å². The molecule has 2 heterocycles. The van der Waals surface area contributed by atoms with Crippen LogP contribution in [0.15, 0.2) is 71.5 Å². The number of hydrogen-bond acceptors (Lipinski definition) is 6. The Labute approximate surface area is 204 Å². The van der Waals surface area contributed by atoms with Gasteiger partial charge in [0.15, 0.2) is 5.76 Å². The predicted molar refractivity (Wildman–Crippen MR) is 134 cm³/mol. The van der Waals surface area contributed by atoms with Crippen molar-refractivity contribution in [3.05, 3.63) is 78.4 Å². The molecular formula is C28H27N3O4. The van der Waals surface area contributed by atoms with E-state index in [9.17, 15) is 4.79 Å². The maximum atomic E-state index is 12.4. The van der Waals surface area contributed by atoms with Gasteiger partial charge in [0.05, 0.1) is 19.3 Å². The number of fused-ring (bicyclic) bond motifs is 1. The molecule has 0 spiro atoms. The molecule has 0 saturated carbocycles. The molecule has 7 heteroatoms. The van der Waals surface area contributed by atoms with Gasteiger partial charge >= 0.3 is 6.09 Å². The Kier molecular flexibility index (Phi) is 7.02. The Morgan fingerprint density at radius 3 is 2.63 bits per heavy atom. The van der Waals surface area contributed by atoms with Crippen molar-refractivity contribution < 1.29 is 18.7 Å². The Morgan fingerprint density at radius 1 is 1.09 bits per heavy atom. The van der Waals surface area contributed by atoms with Crippen LogP contribution in [0.5, 0.6) is 5.75 Å². The molecule has 0 saturated heterocycles. The molecule has 2 aromatic heterocycles. The van der Waals surface area contributed by atoms with E-state index < -0.39 is 17.7 Å². The van der Waals surface area contributed by atoms with Gasteiger partial charge in [0.2, 0.25) is 5.89 Å². The number of benzene rings is 2. The molecule has 1 amide bonds. The van der Waals surface area contributed by atoms with Crippen molar-refractivity contribution in [2.45, 2.75) is 38.8 Å². The fourth-order valence-electron chi connectivity index (χ4n) is 3.43. The lowest BCUT2D eigenvalue weighted by molar-refractivity contribution is 0.0516. The predicted octanol–water partition coefficient (Wildman–Crippen LogP) is 5.39. The number of amides is 1. The zero-order chi connectivity index (χ0) is 24.8. The van der Waals surface area contributed by atoms with Crippen LogP contribution < -0.4 is 10.1 Å². The number of nitrogens with zero attached hydrogens (tertiary/aromatic N) is 2. The monoisotopic (exact) mass is 469 g/mol. The van der Waals surface area contributed by atoms with Crippen molar-refractivity contribution in [3.8, 4) is 29.0 Å². The third-order valence-corrected chi connectivity index (χ3v) is 5.05. The molecular weight excluding hydrogens is 442 g/mol. The molecule has 1 N–H and O–H groups in total. The van der Waals surface area contributed by atoms with Gasteiger partial charge in [-0.05, 0) is 68.0 Å². The van der Waals surface area contributed by atoms with E-state index in [4.69, 9.17) is 13.9 Å². The van der Waals surface area contributed by atoms with Gasteiger partial charge in [-0.25, -0.2) is 9.78 Å². The first kappa shape index (κ1) is 23.8. The minimum atomic E-state index is -0.613. The van der Waals surface area contributed by atoms with Crippen molar-refractivity contribution in [1.82, 2.24) is 15.3 Å². The van der Waals surface area contributed by atoms with E-state index in [1.807, 2.05) is 75.5 Å². The number of oxazole rings is 1. The standard InChI is InChI=1S/C28H27N3O4/c1-28(2,3)35-27(32)31-23(15-19-5-10-24(33-4)11-6-19)9-12-25-18-30-26(34-25)21-7-8-22-17-29-14-13-20(22)16-21/h5-8,10-11,13-14,16-18,23H,15H2,1-4H3,(H,31,32)/t23-/m1/s1. The number of alkyl carbamates (subject to hydrolysis) is 1. The summed E-state index contributed by atoms with van der Waals surface area (Å²) in [6.07, 6.45) is 5.09. The van der Waals surface area contributed by atoms with Gasteiger partial charge in [-0.15, -0.1) is 0 Å². The first-order valence-electron chi connectivity index (χ1n) is 11.2. The van der Waals surface area contributed by atoms with E-state index in [0.29, 0.717) is 18.1 Å². The highest BCUT2D eigenvalue weighted by atomic mass is 16.6. The van der Waals surface area contributed by atoms with Crippen LogP contribution in [0.3, 0.4) is 0 Å². The highest BCUT2D eigenvalue weighted by Gasteiger charge is 2.19. The smallest absolute Gasteiger partial charge is 0.408 e. The van der Waals surface area contributed by atoms with Crippen LogP contribution in [-0.4, -0.2) is 34.8 Å². The summed E-state index contributed by atoms with van der Waals surface area (Å²) in [4.78, 5) is 20.9. The fraction of sp³-hybridized carbons (Fsp3) is 0.250. The van der Waals surface area contributed by atoms with Crippen LogP contribution >= 0.6 is 0 Å². The van der Waals surface area contributed by atoms with E-state index in [1.165, 1.54) is 0 Å². The molecule has 0 bridgehead atoms. The minimum Gasteiger partial charge on any atom is -0.497 e. The molecule has 35 heavy (non-hydrogen) atoms. The molecule has 1 atom stereocenters. The number of methoxy groups -OCH3 is 1. The van der Waals surface area contributed by atoms with Crippen LogP contribution in [0.1, 0.15) is 32.1 Å². The van der Waals surface area contributed by atoms with Crippen LogP contribution in [0.25, 0.3) is 22.2 Å². The molecule has 0 aliphatic rings. The quantitative estimate of drug-likeness (QED) is 0.395. The summed E-state index contributed by atoms with van der Waals surface area (Å²) >= 11 is 0. The molecule has 178 valence electrons. The van der Waals surface area contributed by atoms with Gasteiger partial charge in [-0.2, -0.15) is 0 Å². The van der Waals surface area contributed by atoms with Crippen molar-refractivity contribution in [2.24, 2.45) is 0 Å². The number of nitrogens with one attached hydrogen (secondary N) is 1. The largest absolute Gasteiger partial charge is 0.497 e. The van der Waals surface area contributed by atoms with Crippen LogP contribution in [0, 0.1) is 11.8 Å². The zero-order valence-electron chi connectivity index (χ0n) is 20.2. The topological polar surface area (TPSA) is 86.5 Å². The van der Waals surface area contributed by atoms with Crippen LogP contribution in [0.2, 0.25) is 0 Å². The number of ether oxygens (including phenoxy) is 2. The summed E-state index contributed by atoms with van der Waals surface area (Å²) in [5.41, 5.74) is 1.22. The molecule has 7 nitrogen and oxygen atoms in total. The molecule has 2 aromatic carbocycles. The van der Waals surface area contributed by atoms with E-state index in [-0.39, 0.29) is 0 Å². The highest BCUT2D eigenvalue weighted by Crippen LogP contribution is 2.23.